The number of nitrogens with zero attached hydrogens (tertiary/aromatic N) is 3. The average molecular weight is 311 g/mol. The third-order valence-corrected chi connectivity index (χ3v) is 4.30. The summed E-state index contributed by atoms with van der Waals surface area (Å²) in [6.07, 6.45) is 0. The van der Waals surface area contributed by atoms with Crippen molar-refractivity contribution in [2.24, 2.45) is 0 Å². The summed E-state index contributed by atoms with van der Waals surface area (Å²) in [5.41, 5.74) is -0.672. The van der Waals surface area contributed by atoms with Gasteiger partial charge in [-0.1, -0.05) is 12.8 Å². The van der Waals surface area contributed by atoms with Gasteiger partial charge in [-0.05, 0) is 25.6 Å². The highest BCUT2D eigenvalue weighted by atomic mass is 32.1. The Morgan fingerprint density at radius 3 is 2.00 bits per heavy atom. The quantitative estimate of drug-likeness (QED) is 0.463. The van der Waals surface area contributed by atoms with Gasteiger partial charge in [-0.15, -0.1) is 25.3 Å². The summed E-state index contributed by atoms with van der Waals surface area (Å²) in [4.78, 5) is 23.5. The molecule has 10 heteroatoms. The summed E-state index contributed by atoms with van der Waals surface area (Å²) < 4.78 is 3.01. The number of thiol groups is 5. The van der Waals surface area contributed by atoms with Crippen LogP contribution >= 0.6 is 63.7 Å². The fourth-order valence-corrected chi connectivity index (χ4v) is 2.73. The van der Waals surface area contributed by atoms with Crippen molar-refractivity contribution in [3.63, 3.8) is 0 Å². The number of rotatable bonds is 0. The van der Waals surface area contributed by atoms with Gasteiger partial charge in [0.15, 0.2) is 0 Å². The molecule has 0 aliphatic rings. The van der Waals surface area contributed by atoms with Gasteiger partial charge < -0.3 is 0 Å². The lowest BCUT2D eigenvalue weighted by molar-refractivity contribution is 0.941. The second kappa shape index (κ2) is 4.02. The highest BCUT2D eigenvalue weighted by Gasteiger charge is 2.19. The smallest absolute Gasteiger partial charge is 0.267 e. The number of fused-ring (bicyclic) bond motifs is 1. The van der Waals surface area contributed by atoms with Crippen LogP contribution in [0.3, 0.4) is 0 Å². The van der Waals surface area contributed by atoms with Crippen LogP contribution in [0.5, 0.6) is 0 Å². The molecule has 0 N–H and O–H groups in total. The van der Waals surface area contributed by atoms with Crippen LogP contribution in [0.1, 0.15) is 0 Å². The molecule has 0 aliphatic carbocycles. The lowest BCUT2D eigenvalue weighted by Gasteiger charge is -2.04. The Balaban J connectivity index is 3.29. The first-order chi connectivity index (χ1) is 7.37. The third kappa shape index (κ3) is 1.47. The van der Waals surface area contributed by atoms with E-state index in [0.29, 0.717) is 0 Å². The minimum Gasteiger partial charge on any atom is -0.267 e. The molecule has 0 aromatic carbocycles. The molecule has 0 saturated carbocycles. The Hall–Kier alpha value is -0.0300. The Morgan fingerprint density at radius 2 is 1.44 bits per heavy atom. The van der Waals surface area contributed by atoms with Crippen molar-refractivity contribution in [2.75, 3.05) is 0 Å². The molecule has 0 amide bonds. The van der Waals surface area contributed by atoms with Crippen molar-refractivity contribution in [1.82, 2.24) is 12.1 Å². The van der Waals surface area contributed by atoms with Crippen LogP contribution < -0.4 is 11.1 Å². The molecule has 5 nitrogen and oxygen atoms in total. The van der Waals surface area contributed by atoms with E-state index in [0.717, 1.165) is 12.1 Å². The monoisotopic (exact) mass is 311 g/mol. The number of hydrogen-bond acceptors (Lipinski definition) is 7. The summed E-state index contributed by atoms with van der Waals surface area (Å²) in [5, 5.41) is 0.315. The number of pyridine rings is 1. The van der Waals surface area contributed by atoms with Crippen molar-refractivity contribution in [2.45, 2.75) is 9.92 Å². The first-order valence-electron chi connectivity index (χ1n) is 3.80. The maximum Gasteiger partial charge on any atom is 0.288 e. The van der Waals surface area contributed by atoms with Gasteiger partial charge >= 0.3 is 0 Å². The number of hydrogen-bond donors (Lipinski definition) is 5. The zero-order chi connectivity index (χ0) is 12.2. The van der Waals surface area contributed by atoms with E-state index in [1.807, 2.05) is 0 Å². The SMILES string of the molecule is O=c1c(S)c2c(c(S)n1S)c(=O)n(S)n2S. The van der Waals surface area contributed by atoms with Crippen LogP contribution in [0.15, 0.2) is 19.5 Å². The van der Waals surface area contributed by atoms with Crippen LogP contribution in [0.2, 0.25) is 0 Å². The molecule has 2 aromatic rings. The summed E-state index contributed by atoms with van der Waals surface area (Å²) in [5.74, 6) is 0. The highest BCUT2D eigenvalue weighted by molar-refractivity contribution is 7.83. The molecule has 0 saturated heterocycles. The van der Waals surface area contributed by atoms with E-state index >= 15 is 0 Å². The van der Waals surface area contributed by atoms with Gasteiger partial charge in [-0.2, -0.15) is 4.09 Å². The van der Waals surface area contributed by atoms with Gasteiger partial charge in [0.2, 0.25) is 0 Å². The van der Waals surface area contributed by atoms with Crippen LogP contribution in [0.4, 0.5) is 0 Å². The van der Waals surface area contributed by atoms with Crippen molar-refractivity contribution in [3.8, 4) is 0 Å². The van der Waals surface area contributed by atoms with Crippen molar-refractivity contribution >= 4 is 74.6 Å². The maximum atomic E-state index is 11.8. The van der Waals surface area contributed by atoms with Gasteiger partial charge in [0.25, 0.3) is 11.1 Å². The van der Waals surface area contributed by atoms with E-state index in [-0.39, 0.29) is 20.8 Å². The highest BCUT2D eigenvalue weighted by Crippen LogP contribution is 2.24. The van der Waals surface area contributed by atoms with Gasteiger partial charge in [0, 0.05) is 0 Å². The minimum absolute atomic E-state index is 0.0581. The first-order valence-corrected chi connectivity index (χ1v) is 5.89. The molecule has 2 aromatic heterocycles. The predicted octanol–water partition coefficient (Wildman–Crippen LogP) is 0.621. The molecular formula is C6H5N3O2S5. The van der Waals surface area contributed by atoms with Crippen LogP contribution in [-0.4, -0.2) is 12.1 Å². The van der Waals surface area contributed by atoms with Crippen LogP contribution in [-0.2, 0) is 0 Å². The molecule has 2 rings (SSSR count). The van der Waals surface area contributed by atoms with E-state index in [9.17, 15) is 9.59 Å². The Morgan fingerprint density at radius 1 is 0.875 bits per heavy atom. The fourth-order valence-electron chi connectivity index (χ4n) is 1.30. The summed E-state index contributed by atoms with van der Waals surface area (Å²) in [7, 11) is 0. The standard InChI is InChI=1S/C6H5N3O2S5/c10-4-1-2(8(15)9(4)16)3(12)5(11)7(14)6(1)13/h12-16H. The van der Waals surface area contributed by atoms with Gasteiger partial charge in [-0.3, -0.25) is 9.59 Å². The lowest BCUT2D eigenvalue weighted by Crippen LogP contribution is -2.17. The second-order valence-electron chi connectivity index (χ2n) is 2.90. The predicted molar refractivity (Wildman–Crippen MR) is 78.1 cm³/mol. The molecule has 0 unspecified atom stereocenters. The summed E-state index contributed by atoms with van der Waals surface area (Å²) >= 11 is 20.0. The topological polar surface area (TPSA) is 48.9 Å². The van der Waals surface area contributed by atoms with E-state index in [1.54, 1.807) is 0 Å². The van der Waals surface area contributed by atoms with Gasteiger partial charge in [-0.25, -0.2) is 8.06 Å². The molecule has 16 heavy (non-hydrogen) atoms. The fraction of sp³-hybridized carbons (Fsp3) is 0. The van der Waals surface area contributed by atoms with E-state index in [2.05, 4.69) is 63.7 Å². The Bertz CT molecular complexity index is 712. The second-order valence-corrected chi connectivity index (χ2v) is 4.93. The molecule has 0 radical (unpaired) electrons. The average Bonchev–Trinajstić information content (AvgIpc) is 2.48. The zero-order valence-electron chi connectivity index (χ0n) is 7.39. The largest absolute Gasteiger partial charge is 0.288 e. The van der Waals surface area contributed by atoms with E-state index in [1.165, 1.54) is 0 Å². The molecule has 86 valence electrons. The van der Waals surface area contributed by atoms with Crippen LogP contribution in [0, 0.1) is 0 Å². The maximum absolute atomic E-state index is 11.8. The molecular weight excluding hydrogens is 306 g/mol. The third-order valence-electron chi connectivity index (χ3n) is 2.06. The van der Waals surface area contributed by atoms with Crippen molar-refractivity contribution < 1.29 is 0 Å². The van der Waals surface area contributed by atoms with Gasteiger partial charge in [0.05, 0.1) is 4.90 Å². The molecule has 0 atom stereocenters. The van der Waals surface area contributed by atoms with Crippen LogP contribution in [0.25, 0.3) is 10.9 Å². The summed E-state index contributed by atoms with van der Waals surface area (Å²) in [6.45, 7) is 0. The molecule has 0 spiro atoms. The Kier molecular flexibility index (Phi) is 3.12. The molecule has 0 bridgehead atoms. The van der Waals surface area contributed by atoms with Crippen molar-refractivity contribution in [3.05, 3.63) is 20.7 Å². The molecule has 0 aliphatic heterocycles. The molecule has 2 heterocycles. The number of aromatic nitrogens is 3. The normalized spacial score (nSPS) is 11.3. The Labute approximate surface area is 117 Å². The van der Waals surface area contributed by atoms with E-state index in [4.69, 9.17) is 0 Å². The van der Waals surface area contributed by atoms with Crippen molar-refractivity contribution in [1.29, 1.82) is 0 Å². The minimum atomic E-state index is -0.481. The van der Waals surface area contributed by atoms with E-state index < -0.39 is 11.1 Å². The lowest BCUT2D eigenvalue weighted by atomic mass is 10.3. The summed E-state index contributed by atoms with van der Waals surface area (Å²) in [6, 6.07) is 0. The first kappa shape index (κ1) is 12.4. The molecule has 0 fully saturated rings. The zero-order valence-corrected chi connectivity index (χ0v) is 11.9. The van der Waals surface area contributed by atoms with Gasteiger partial charge in [0.1, 0.15) is 15.9 Å².